The van der Waals surface area contributed by atoms with Crippen molar-refractivity contribution in [2.75, 3.05) is 0 Å². The van der Waals surface area contributed by atoms with Crippen LogP contribution in [0.15, 0.2) is 27.9 Å². The van der Waals surface area contributed by atoms with E-state index in [-0.39, 0.29) is 5.25 Å². The van der Waals surface area contributed by atoms with E-state index in [1.54, 1.807) is 11.8 Å². The second-order valence-corrected chi connectivity index (χ2v) is 6.45. The number of hydrogen-bond acceptors (Lipinski definition) is 5. The average Bonchev–Trinajstić information content (AvgIpc) is 3.05. The lowest BCUT2D eigenvalue weighted by atomic mass is 10.2. The molecule has 3 aromatic rings. The average molecular weight is 302 g/mol. The molecule has 1 atom stereocenters. The van der Waals surface area contributed by atoms with Crippen molar-refractivity contribution in [1.29, 1.82) is 0 Å². The first-order valence-electron chi connectivity index (χ1n) is 7.11. The molecule has 0 saturated heterocycles. The van der Waals surface area contributed by atoms with Crippen molar-refractivity contribution in [1.82, 2.24) is 20.1 Å². The smallest absolute Gasteiger partial charge is 0.239 e. The highest BCUT2D eigenvalue weighted by Gasteiger charge is 2.17. The third kappa shape index (κ3) is 3.10. The van der Waals surface area contributed by atoms with E-state index >= 15 is 0 Å². The van der Waals surface area contributed by atoms with Crippen LogP contribution < -0.4 is 0 Å². The first-order chi connectivity index (χ1) is 10.2. The number of hydrogen-bond donors (Lipinski definition) is 1. The lowest BCUT2D eigenvalue weighted by molar-refractivity contribution is 0.374. The number of fused-ring (bicyclic) bond motifs is 1. The Bertz CT molecular complexity index is 749. The summed E-state index contributed by atoms with van der Waals surface area (Å²) in [6.07, 6.45) is 1.87. The molecule has 21 heavy (non-hydrogen) atoms. The van der Waals surface area contributed by atoms with Gasteiger partial charge in [-0.3, -0.25) is 0 Å². The van der Waals surface area contributed by atoms with Gasteiger partial charge in [0.25, 0.3) is 0 Å². The molecule has 1 aromatic carbocycles. The fraction of sp³-hybridized carbons (Fsp3) is 0.400. The number of benzene rings is 1. The number of aryl methyl sites for hydroxylation is 2. The normalized spacial score (nSPS) is 12.9. The third-order valence-electron chi connectivity index (χ3n) is 3.21. The van der Waals surface area contributed by atoms with Gasteiger partial charge in [-0.1, -0.05) is 29.9 Å². The predicted octanol–water partition coefficient (Wildman–Crippen LogP) is 4.06. The molecule has 0 aliphatic rings. The van der Waals surface area contributed by atoms with Gasteiger partial charge in [0, 0.05) is 6.42 Å². The Balaban J connectivity index is 1.76. The van der Waals surface area contributed by atoms with E-state index in [1.165, 1.54) is 5.56 Å². The van der Waals surface area contributed by atoms with Gasteiger partial charge < -0.3 is 9.51 Å². The Morgan fingerprint density at radius 3 is 3.00 bits per heavy atom. The molecule has 0 amide bonds. The van der Waals surface area contributed by atoms with Crippen molar-refractivity contribution in [2.24, 2.45) is 0 Å². The van der Waals surface area contributed by atoms with Crippen LogP contribution in [0.4, 0.5) is 0 Å². The molecule has 2 heterocycles. The summed E-state index contributed by atoms with van der Waals surface area (Å²) in [5, 5.41) is 4.94. The van der Waals surface area contributed by atoms with Crippen LogP contribution in [0.3, 0.4) is 0 Å². The number of nitrogens with zero attached hydrogens (tertiary/aromatic N) is 3. The van der Waals surface area contributed by atoms with Crippen LogP contribution in [-0.2, 0) is 6.42 Å². The van der Waals surface area contributed by atoms with Crippen LogP contribution in [0.5, 0.6) is 0 Å². The summed E-state index contributed by atoms with van der Waals surface area (Å²) < 4.78 is 5.32. The summed E-state index contributed by atoms with van der Waals surface area (Å²) in [6.45, 7) is 6.22. The van der Waals surface area contributed by atoms with Crippen molar-refractivity contribution in [3.05, 3.63) is 35.5 Å². The minimum Gasteiger partial charge on any atom is -0.338 e. The van der Waals surface area contributed by atoms with E-state index in [9.17, 15) is 0 Å². The van der Waals surface area contributed by atoms with Gasteiger partial charge in [0.2, 0.25) is 5.89 Å². The Hall–Kier alpha value is -1.82. The largest absolute Gasteiger partial charge is 0.338 e. The van der Waals surface area contributed by atoms with Gasteiger partial charge in [0.15, 0.2) is 11.0 Å². The molecule has 0 saturated carbocycles. The lowest BCUT2D eigenvalue weighted by Crippen LogP contribution is -1.91. The summed E-state index contributed by atoms with van der Waals surface area (Å²) in [4.78, 5) is 12.3. The topological polar surface area (TPSA) is 67.6 Å². The highest BCUT2D eigenvalue weighted by molar-refractivity contribution is 7.99. The third-order valence-corrected chi connectivity index (χ3v) is 4.18. The molecule has 110 valence electrons. The van der Waals surface area contributed by atoms with Crippen LogP contribution in [0.1, 0.15) is 42.8 Å². The molecule has 0 fully saturated rings. The molecule has 5 nitrogen and oxygen atoms in total. The number of imidazole rings is 1. The lowest BCUT2D eigenvalue weighted by Gasteiger charge is -2.02. The van der Waals surface area contributed by atoms with Gasteiger partial charge >= 0.3 is 0 Å². The molecular formula is C15H18N4OS. The maximum Gasteiger partial charge on any atom is 0.239 e. The molecule has 3 rings (SSSR count). The Morgan fingerprint density at radius 2 is 2.19 bits per heavy atom. The fourth-order valence-electron chi connectivity index (χ4n) is 2.12. The van der Waals surface area contributed by atoms with Gasteiger partial charge in [0.1, 0.15) is 0 Å². The van der Waals surface area contributed by atoms with Crippen molar-refractivity contribution >= 4 is 22.8 Å². The maximum absolute atomic E-state index is 5.32. The molecule has 0 bridgehead atoms. The minimum absolute atomic E-state index is 0.0739. The standard InChI is InChI=1S/C15H18N4OS/c1-4-5-13-18-14(20-19-13)10(3)21-15-16-11-7-6-9(2)8-12(11)17-15/h6-8,10H,4-5H2,1-3H3,(H,16,17). The molecule has 1 unspecified atom stereocenters. The quantitative estimate of drug-likeness (QED) is 0.720. The Morgan fingerprint density at radius 1 is 1.33 bits per heavy atom. The zero-order valence-corrected chi connectivity index (χ0v) is 13.2. The number of nitrogens with one attached hydrogen (secondary N) is 1. The van der Waals surface area contributed by atoms with Gasteiger partial charge in [-0.05, 0) is 38.0 Å². The zero-order valence-electron chi connectivity index (χ0n) is 12.4. The second-order valence-electron chi connectivity index (χ2n) is 5.12. The van der Waals surface area contributed by atoms with Crippen LogP contribution in [-0.4, -0.2) is 20.1 Å². The van der Waals surface area contributed by atoms with Gasteiger partial charge in [-0.25, -0.2) is 4.98 Å². The van der Waals surface area contributed by atoms with Crippen LogP contribution in [0.2, 0.25) is 0 Å². The highest BCUT2D eigenvalue weighted by atomic mass is 32.2. The van der Waals surface area contributed by atoms with Crippen LogP contribution >= 0.6 is 11.8 Å². The van der Waals surface area contributed by atoms with Gasteiger partial charge in [-0.2, -0.15) is 4.98 Å². The summed E-state index contributed by atoms with van der Waals surface area (Å²) in [5.74, 6) is 1.43. The number of thioether (sulfide) groups is 1. The molecule has 0 aliphatic carbocycles. The van der Waals surface area contributed by atoms with Gasteiger partial charge in [-0.15, -0.1) is 0 Å². The molecule has 6 heteroatoms. The van der Waals surface area contributed by atoms with Crippen LogP contribution in [0.25, 0.3) is 11.0 Å². The van der Waals surface area contributed by atoms with Crippen molar-refractivity contribution in [3.63, 3.8) is 0 Å². The number of aromatic nitrogens is 4. The Kier molecular flexibility index (Phi) is 3.96. The highest BCUT2D eigenvalue weighted by Crippen LogP contribution is 2.33. The van der Waals surface area contributed by atoms with E-state index in [0.29, 0.717) is 5.89 Å². The summed E-state index contributed by atoms with van der Waals surface area (Å²) in [7, 11) is 0. The monoisotopic (exact) mass is 302 g/mol. The Labute approximate surface area is 127 Å². The summed E-state index contributed by atoms with van der Waals surface area (Å²) >= 11 is 1.60. The second kappa shape index (κ2) is 5.89. The van der Waals surface area contributed by atoms with Crippen molar-refractivity contribution in [3.8, 4) is 0 Å². The number of rotatable bonds is 5. The molecule has 0 spiro atoms. The number of aromatic amines is 1. The van der Waals surface area contributed by atoms with E-state index in [0.717, 1.165) is 34.9 Å². The molecular weight excluding hydrogens is 284 g/mol. The summed E-state index contributed by atoms with van der Waals surface area (Å²) in [6, 6.07) is 6.21. The van der Waals surface area contributed by atoms with Crippen molar-refractivity contribution in [2.45, 2.75) is 44.0 Å². The molecule has 0 aliphatic heterocycles. The zero-order chi connectivity index (χ0) is 14.8. The van der Waals surface area contributed by atoms with E-state index in [4.69, 9.17) is 4.52 Å². The number of H-pyrrole nitrogens is 1. The van der Waals surface area contributed by atoms with Crippen molar-refractivity contribution < 1.29 is 4.52 Å². The molecule has 1 N–H and O–H groups in total. The van der Waals surface area contributed by atoms with E-state index < -0.39 is 0 Å². The van der Waals surface area contributed by atoms with E-state index in [1.807, 2.05) is 6.92 Å². The minimum atomic E-state index is 0.0739. The predicted molar refractivity (Wildman–Crippen MR) is 83.4 cm³/mol. The molecule has 2 aromatic heterocycles. The SMILES string of the molecule is CCCc1noc(C(C)Sc2nc3cc(C)ccc3[nH]2)n1. The fourth-order valence-corrected chi connectivity index (χ4v) is 2.98. The first-order valence-corrected chi connectivity index (χ1v) is 7.99. The first kappa shape index (κ1) is 14.1. The maximum atomic E-state index is 5.32. The van der Waals surface area contributed by atoms with E-state index in [2.05, 4.69) is 52.2 Å². The van der Waals surface area contributed by atoms with Gasteiger partial charge in [0.05, 0.1) is 16.3 Å². The van der Waals surface area contributed by atoms with Crippen LogP contribution in [0, 0.1) is 6.92 Å². The molecule has 0 radical (unpaired) electrons. The summed E-state index contributed by atoms with van der Waals surface area (Å²) in [5.41, 5.74) is 3.24.